The summed E-state index contributed by atoms with van der Waals surface area (Å²) in [6.45, 7) is 2.68. The van der Waals surface area contributed by atoms with Crippen molar-refractivity contribution in [3.8, 4) is 0 Å². The zero-order chi connectivity index (χ0) is 27.2. The fourth-order valence-electron chi connectivity index (χ4n) is 5.31. The van der Waals surface area contributed by atoms with Crippen LogP contribution in [-0.2, 0) is 16.1 Å². The molecule has 1 heterocycles. The van der Waals surface area contributed by atoms with Gasteiger partial charge >= 0.3 is 0 Å². The van der Waals surface area contributed by atoms with E-state index >= 15 is 0 Å². The van der Waals surface area contributed by atoms with Gasteiger partial charge in [0.15, 0.2) is 5.78 Å². The van der Waals surface area contributed by atoms with Crippen molar-refractivity contribution in [1.29, 1.82) is 0 Å². The molecule has 2 aromatic rings. The number of carbonyl (C=O) groups is 3. The summed E-state index contributed by atoms with van der Waals surface area (Å²) in [7, 11) is 0. The molecule has 1 aliphatic heterocycles. The Bertz CT molecular complexity index is 1180. The Morgan fingerprint density at radius 3 is 2.39 bits per heavy atom. The Labute approximate surface area is 221 Å². The van der Waals surface area contributed by atoms with E-state index in [9.17, 15) is 27.6 Å². The quantitative estimate of drug-likeness (QED) is 0.476. The highest BCUT2D eigenvalue weighted by Crippen LogP contribution is 2.30. The van der Waals surface area contributed by atoms with Crippen molar-refractivity contribution in [2.24, 2.45) is 5.92 Å². The van der Waals surface area contributed by atoms with Gasteiger partial charge < -0.3 is 15.5 Å². The van der Waals surface area contributed by atoms with Crippen LogP contribution >= 0.6 is 0 Å². The maximum Gasteiger partial charge on any atom is 0.254 e. The molecule has 6 nitrogen and oxygen atoms in total. The highest BCUT2D eigenvalue weighted by atomic mass is 19.1. The van der Waals surface area contributed by atoms with Crippen LogP contribution in [0.3, 0.4) is 0 Å². The molecule has 1 aliphatic carbocycles. The van der Waals surface area contributed by atoms with Gasteiger partial charge in [-0.3, -0.25) is 14.4 Å². The van der Waals surface area contributed by atoms with Gasteiger partial charge in [-0.15, -0.1) is 0 Å². The lowest BCUT2D eigenvalue weighted by Gasteiger charge is -2.40. The van der Waals surface area contributed by atoms with Crippen molar-refractivity contribution < 1.29 is 27.6 Å². The molecule has 0 unspecified atom stereocenters. The molecule has 1 saturated carbocycles. The van der Waals surface area contributed by atoms with E-state index in [1.165, 1.54) is 18.2 Å². The first-order chi connectivity index (χ1) is 18.3. The number of benzene rings is 2. The van der Waals surface area contributed by atoms with Crippen molar-refractivity contribution in [3.63, 3.8) is 0 Å². The number of rotatable bonds is 10. The number of halogens is 3. The Kier molecular flexibility index (Phi) is 9.20. The fourth-order valence-corrected chi connectivity index (χ4v) is 5.31. The summed E-state index contributed by atoms with van der Waals surface area (Å²) in [5, 5.41) is 5.69. The molecular weight excluding hydrogens is 495 g/mol. The number of ketones is 1. The zero-order valence-corrected chi connectivity index (χ0v) is 21.6. The maximum atomic E-state index is 14.6. The second-order valence-corrected chi connectivity index (χ2v) is 10.2. The average molecular weight is 530 g/mol. The van der Waals surface area contributed by atoms with E-state index in [0.29, 0.717) is 19.5 Å². The van der Waals surface area contributed by atoms with E-state index in [-0.39, 0.29) is 47.7 Å². The first-order valence-corrected chi connectivity index (χ1v) is 13.3. The van der Waals surface area contributed by atoms with Gasteiger partial charge in [0.25, 0.3) is 5.91 Å². The summed E-state index contributed by atoms with van der Waals surface area (Å²) in [5.74, 6) is -2.75. The van der Waals surface area contributed by atoms with Gasteiger partial charge in [-0.25, -0.2) is 13.2 Å². The van der Waals surface area contributed by atoms with Crippen LogP contribution in [-0.4, -0.2) is 48.2 Å². The van der Waals surface area contributed by atoms with Crippen LogP contribution in [0.25, 0.3) is 0 Å². The minimum Gasteiger partial charge on any atom is -0.342 e. The van der Waals surface area contributed by atoms with Gasteiger partial charge in [0, 0.05) is 43.6 Å². The van der Waals surface area contributed by atoms with Gasteiger partial charge in [-0.05, 0) is 42.5 Å². The Morgan fingerprint density at radius 2 is 1.71 bits per heavy atom. The standard InChI is InChI=1S/C29H34F3N3O3/c1-2-26(36)28(18-6-4-3-5-7-18)34-29(38)23-12-19(9-11-24(23)31)21-16-35(17-21)27(37)15-33-14-20-8-10-22(30)13-25(20)32/h8-13,18,21,28,33H,2-7,14-17H2,1H3,(H,34,38)/t28-/m1/s1. The van der Waals surface area contributed by atoms with Crippen molar-refractivity contribution in [1.82, 2.24) is 15.5 Å². The third-order valence-electron chi connectivity index (χ3n) is 7.65. The van der Waals surface area contributed by atoms with E-state index in [1.54, 1.807) is 17.9 Å². The third kappa shape index (κ3) is 6.62. The second kappa shape index (κ2) is 12.6. The number of hydrogen-bond acceptors (Lipinski definition) is 4. The van der Waals surface area contributed by atoms with Crippen LogP contribution in [0.15, 0.2) is 36.4 Å². The van der Waals surface area contributed by atoms with Crippen molar-refractivity contribution in [2.75, 3.05) is 19.6 Å². The predicted molar refractivity (Wildman–Crippen MR) is 137 cm³/mol. The van der Waals surface area contributed by atoms with Crippen LogP contribution in [0.5, 0.6) is 0 Å². The number of hydrogen-bond donors (Lipinski definition) is 2. The number of Topliss-reactive ketones (excluding diaryl/α,β-unsaturated/α-hetero) is 1. The minimum atomic E-state index is -0.672. The highest BCUT2D eigenvalue weighted by Gasteiger charge is 2.33. The largest absolute Gasteiger partial charge is 0.342 e. The molecule has 2 aromatic carbocycles. The summed E-state index contributed by atoms with van der Waals surface area (Å²) >= 11 is 0. The number of amides is 2. The van der Waals surface area contributed by atoms with E-state index < -0.39 is 29.4 Å². The topological polar surface area (TPSA) is 78.5 Å². The Balaban J connectivity index is 1.32. The summed E-state index contributed by atoms with van der Waals surface area (Å²) in [6, 6.07) is 7.07. The summed E-state index contributed by atoms with van der Waals surface area (Å²) in [6.07, 6.45) is 5.22. The molecule has 1 atom stereocenters. The molecule has 0 aromatic heterocycles. The van der Waals surface area contributed by atoms with Gasteiger partial charge in [0.1, 0.15) is 17.5 Å². The first-order valence-electron chi connectivity index (χ1n) is 13.3. The average Bonchev–Trinajstić information content (AvgIpc) is 2.88. The molecule has 2 N–H and O–H groups in total. The predicted octanol–water partition coefficient (Wildman–Crippen LogP) is 4.48. The molecule has 38 heavy (non-hydrogen) atoms. The summed E-state index contributed by atoms with van der Waals surface area (Å²) in [5.41, 5.74) is 0.919. The maximum absolute atomic E-state index is 14.6. The Hall–Kier alpha value is -3.20. The van der Waals surface area contributed by atoms with Crippen molar-refractivity contribution in [3.05, 3.63) is 70.5 Å². The molecule has 0 radical (unpaired) electrons. The summed E-state index contributed by atoms with van der Waals surface area (Å²) < 4.78 is 41.4. The molecule has 1 saturated heterocycles. The monoisotopic (exact) mass is 529 g/mol. The molecule has 204 valence electrons. The highest BCUT2D eigenvalue weighted by molar-refractivity contribution is 5.98. The zero-order valence-electron chi connectivity index (χ0n) is 21.6. The third-order valence-corrected chi connectivity index (χ3v) is 7.65. The molecule has 2 amide bonds. The van der Waals surface area contributed by atoms with Gasteiger partial charge in [0.2, 0.25) is 5.91 Å². The van der Waals surface area contributed by atoms with Crippen LogP contribution < -0.4 is 10.6 Å². The van der Waals surface area contributed by atoms with E-state index in [4.69, 9.17) is 0 Å². The molecule has 9 heteroatoms. The van der Waals surface area contributed by atoms with Crippen LogP contribution in [0.4, 0.5) is 13.2 Å². The molecule has 0 bridgehead atoms. The number of likely N-dealkylation sites (tertiary alicyclic amines) is 1. The number of carbonyl (C=O) groups excluding carboxylic acids is 3. The summed E-state index contributed by atoms with van der Waals surface area (Å²) in [4.78, 5) is 39.7. The lowest BCUT2D eigenvalue weighted by atomic mass is 9.81. The van der Waals surface area contributed by atoms with Gasteiger partial charge in [-0.1, -0.05) is 38.3 Å². The second-order valence-electron chi connectivity index (χ2n) is 10.2. The van der Waals surface area contributed by atoms with Crippen LogP contribution in [0.1, 0.15) is 72.9 Å². The molecule has 2 aliphatic rings. The van der Waals surface area contributed by atoms with Crippen molar-refractivity contribution in [2.45, 2.75) is 64.0 Å². The number of nitrogens with zero attached hydrogens (tertiary/aromatic N) is 1. The number of nitrogens with one attached hydrogen (secondary N) is 2. The lowest BCUT2D eigenvalue weighted by Crippen LogP contribution is -2.51. The van der Waals surface area contributed by atoms with E-state index in [0.717, 1.165) is 49.8 Å². The Morgan fingerprint density at radius 1 is 0.974 bits per heavy atom. The molecular formula is C29H34F3N3O3. The van der Waals surface area contributed by atoms with Crippen LogP contribution in [0, 0.1) is 23.4 Å². The van der Waals surface area contributed by atoms with E-state index in [1.807, 2.05) is 0 Å². The minimum absolute atomic E-state index is 0.00533. The van der Waals surface area contributed by atoms with E-state index in [2.05, 4.69) is 10.6 Å². The lowest BCUT2D eigenvalue weighted by molar-refractivity contribution is -0.134. The normalized spacial score (nSPS) is 17.1. The smallest absolute Gasteiger partial charge is 0.254 e. The molecule has 0 spiro atoms. The van der Waals surface area contributed by atoms with Crippen LogP contribution in [0.2, 0.25) is 0 Å². The van der Waals surface area contributed by atoms with Gasteiger partial charge in [0.05, 0.1) is 18.2 Å². The fraction of sp³-hybridized carbons (Fsp3) is 0.483. The molecule has 2 fully saturated rings. The SMILES string of the molecule is CCC(=O)[C@H](NC(=O)c1cc(C2CN(C(=O)CNCc3ccc(F)cc3F)C2)ccc1F)C1CCCCC1. The molecule has 4 rings (SSSR count). The first kappa shape index (κ1) is 27.8. The van der Waals surface area contributed by atoms with Crippen molar-refractivity contribution >= 4 is 17.6 Å². The van der Waals surface area contributed by atoms with Gasteiger partial charge in [-0.2, -0.15) is 0 Å².